The minimum absolute atomic E-state index is 0.297. The summed E-state index contributed by atoms with van der Waals surface area (Å²) < 4.78 is 0. The second kappa shape index (κ2) is 5.17. The quantitative estimate of drug-likeness (QED) is 0.857. The number of benzene rings is 1. The van der Waals surface area contributed by atoms with Crippen LogP contribution in [-0.2, 0) is 0 Å². The van der Waals surface area contributed by atoms with Gasteiger partial charge in [-0.25, -0.2) is 4.98 Å². The molecule has 0 saturated heterocycles. The van der Waals surface area contributed by atoms with E-state index < -0.39 is 0 Å². The van der Waals surface area contributed by atoms with Crippen LogP contribution in [0.5, 0.6) is 5.75 Å². The van der Waals surface area contributed by atoms with Crippen LogP contribution in [0.2, 0.25) is 0 Å². The van der Waals surface area contributed by atoms with Crippen molar-refractivity contribution in [1.82, 2.24) is 4.98 Å². The van der Waals surface area contributed by atoms with E-state index in [1.165, 1.54) is 12.0 Å². The number of nitrogens with zero attached hydrogens (tertiary/aromatic N) is 1. The molecule has 2 aromatic rings. The Hall–Kier alpha value is -1.61. The van der Waals surface area contributed by atoms with Gasteiger partial charge in [-0.2, -0.15) is 0 Å². The van der Waals surface area contributed by atoms with Gasteiger partial charge >= 0.3 is 0 Å². The first kappa shape index (κ1) is 12.4. The number of allylic oxidation sites excluding steroid dienone is 2. The number of hydrogen-bond acceptors (Lipinski definition) is 3. The van der Waals surface area contributed by atoms with Gasteiger partial charge in [0.2, 0.25) is 0 Å². The van der Waals surface area contributed by atoms with Crippen molar-refractivity contribution >= 4 is 16.9 Å². The van der Waals surface area contributed by atoms with Crippen molar-refractivity contribution in [1.29, 1.82) is 0 Å². The summed E-state index contributed by atoms with van der Waals surface area (Å²) in [6, 6.07) is 7.37. The lowest BCUT2D eigenvalue weighted by molar-refractivity contribution is 0.477. The Balaban J connectivity index is 1.90. The molecule has 1 aliphatic carbocycles. The lowest BCUT2D eigenvalue weighted by atomic mass is 9.91. The molecule has 2 nitrogen and oxygen atoms in total. The Morgan fingerprint density at radius 3 is 2.89 bits per heavy atom. The van der Waals surface area contributed by atoms with Crippen LogP contribution < -0.4 is 0 Å². The van der Waals surface area contributed by atoms with E-state index in [1.807, 2.05) is 23.6 Å². The molecular formula is C16H17NOS. The number of rotatable bonds is 2. The number of phenols is 1. The van der Waals surface area contributed by atoms with Crippen molar-refractivity contribution in [2.75, 3.05) is 0 Å². The standard InChI is InChI=1S/C16H17NOS/c1-11-6-8-12(9-7-11)16-17-14(10-19-16)13-4-2-3-5-15(13)18/h2-5,8,10-11,18H,6-7,9H2,1H3. The number of thiazole rings is 1. The molecular weight excluding hydrogens is 254 g/mol. The normalized spacial score (nSPS) is 19.2. The third-order valence-corrected chi connectivity index (χ3v) is 4.55. The second-order valence-corrected chi connectivity index (χ2v) is 6.02. The smallest absolute Gasteiger partial charge is 0.125 e. The fourth-order valence-corrected chi connectivity index (χ4v) is 3.29. The fourth-order valence-electron chi connectivity index (χ4n) is 2.39. The average molecular weight is 271 g/mol. The summed E-state index contributed by atoms with van der Waals surface area (Å²) in [7, 11) is 0. The number of aromatic hydroxyl groups is 1. The minimum Gasteiger partial charge on any atom is -0.507 e. The maximum atomic E-state index is 9.87. The molecule has 0 bridgehead atoms. The third-order valence-electron chi connectivity index (χ3n) is 3.63. The van der Waals surface area contributed by atoms with E-state index in [1.54, 1.807) is 17.4 Å². The van der Waals surface area contributed by atoms with Gasteiger partial charge in [-0.3, -0.25) is 0 Å². The summed E-state index contributed by atoms with van der Waals surface area (Å²) in [6.07, 6.45) is 5.84. The van der Waals surface area contributed by atoms with Crippen LogP contribution in [0.1, 0.15) is 31.2 Å². The molecule has 1 aliphatic rings. The van der Waals surface area contributed by atoms with Gasteiger partial charge in [0.1, 0.15) is 10.8 Å². The molecule has 1 atom stereocenters. The average Bonchev–Trinajstić information content (AvgIpc) is 2.89. The molecule has 0 saturated carbocycles. The zero-order chi connectivity index (χ0) is 13.2. The van der Waals surface area contributed by atoms with Gasteiger partial charge in [0.05, 0.1) is 5.69 Å². The molecule has 19 heavy (non-hydrogen) atoms. The lowest BCUT2D eigenvalue weighted by Crippen LogP contribution is -2.00. The van der Waals surface area contributed by atoms with Crippen LogP contribution in [0.4, 0.5) is 0 Å². The van der Waals surface area contributed by atoms with Crippen LogP contribution in [-0.4, -0.2) is 10.1 Å². The van der Waals surface area contributed by atoms with Crippen molar-refractivity contribution in [3.8, 4) is 17.0 Å². The van der Waals surface area contributed by atoms with Crippen molar-refractivity contribution < 1.29 is 5.11 Å². The van der Waals surface area contributed by atoms with Crippen LogP contribution in [0.3, 0.4) is 0 Å². The zero-order valence-electron chi connectivity index (χ0n) is 11.0. The Kier molecular flexibility index (Phi) is 3.38. The van der Waals surface area contributed by atoms with Gasteiger partial charge in [-0.15, -0.1) is 11.3 Å². The third kappa shape index (κ3) is 2.56. The maximum Gasteiger partial charge on any atom is 0.125 e. The first-order valence-electron chi connectivity index (χ1n) is 6.67. The molecule has 1 heterocycles. The summed E-state index contributed by atoms with van der Waals surface area (Å²) in [5.41, 5.74) is 3.05. The van der Waals surface area contributed by atoms with E-state index in [4.69, 9.17) is 0 Å². The highest BCUT2D eigenvalue weighted by atomic mass is 32.1. The van der Waals surface area contributed by atoms with Crippen LogP contribution in [0.25, 0.3) is 16.8 Å². The summed E-state index contributed by atoms with van der Waals surface area (Å²) in [4.78, 5) is 4.68. The first-order valence-corrected chi connectivity index (χ1v) is 7.55. The predicted octanol–water partition coefficient (Wildman–Crippen LogP) is 4.72. The molecule has 0 fully saturated rings. The molecule has 0 spiro atoms. The summed E-state index contributed by atoms with van der Waals surface area (Å²) in [5, 5.41) is 13.0. The van der Waals surface area contributed by atoms with E-state index in [-0.39, 0.29) is 0 Å². The second-order valence-electron chi connectivity index (χ2n) is 5.16. The number of para-hydroxylation sites is 1. The van der Waals surface area contributed by atoms with Crippen LogP contribution >= 0.6 is 11.3 Å². The van der Waals surface area contributed by atoms with E-state index in [0.717, 1.165) is 35.0 Å². The van der Waals surface area contributed by atoms with E-state index >= 15 is 0 Å². The van der Waals surface area contributed by atoms with E-state index in [2.05, 4.69) is 18.0 Å². The summed E-state index contributed by atoms with van der Waals surface area (Å²) in [5.74, 6) is 1.09. The fraction of sp³-hybridized carbons (Fsp3) is 0.312. The van der Waals surface area contributed by atoms with Gasteiger partial charge in [0, 0.05) is 10.9 Å². The van der Waals surface area contributed by atoms with Crippen molar-refractivity contribution in [3.05, 3.63) is 40.7 Å². The Bertz CT molecular complexity index is 615. The molecule has 0 aliphatic heterocycles. The van der Waals surface area contributed by atoms with Gasteiger partial charge in [-0.05, 0) is 42.9 Å². The van der Waals surface area contributed by atoms with Crippen molar-refractivity contribution in [2.45, 2.75) is 26.2 Å². The predicted molar refractivity (Wildman–Crippen MR) is 80.2 cm³/mol. The zero-order valence-corrected chi connectivity index (χ0v) is 11.8. The topological polar surface area (TPSA) is 33.1 Å². The monoisotopic (exact) mass is 271 g/mol. The Labute approximate surface area is 117 Å². The van der Waals surface area contributed by atoms with Gasteiger partial charge in [0.15, 0.2) is 0 Å². The Morgan fingerprint density at radius 1 is 1.32 bits per heavy atom. The molecule has 3 heteroatoms. The minimum atomic E-state index is 0.297. The largest absolute Gasteiger partial charge is 0.507 e. The summed E-state index contributed by atoms with van der Waals surface area (Å²) >= 11 is 1.67. The van der Waals surface area contributed by atoms with Gasteiger partial charge in [-0.1, -0.05) is 25.1 Å². The molecule has 98 valence electrons. The van der Waals surface area contributed by atoms with Crippen molar-refractivity contribution in [3.63, 3.8) is 0 Å². The van der Waals surface area contributed by atoms with E-state index in [0.29, 0.717) is 5.75 Å². The highest BCUT2D eigenvalue weighted by molar-refractivity contribution is 7.11. The van der Waals surface area contributed by atoms with Gasteiger partial charge < -0.3 is 5.11 Å². The maximum absolute atomic E-state index is 9.87. The SMILES string of the molecule is CC1CC=C(c2nc(-c3ccccc3O)cs2)CC1. The van der Waals surface area contributed by atoms with Crippen LogP contribution in [0, 0.1) is 5.92 Å². The lowest BCUT2D eigenvalue weighted by Gasteiger charge is -2.16. The molecule has 1 aromatic carbocycles. The number of phenolic OH excluding ortho intramolecular Hbond substituents is 1. The first-order chi connectivity index (χ1) is 9.24. The molecule has 0 amide bonds. The summed E-state index contributed by atoms with van der Waals surface area (Å²) in [6.45, 7) is 2.29. The molecule has 1 unspecified atom stereocenters. The number of aromatic nitrogens is 1. The molecule has 1 N–H and O–H groups in total. The number of hydrogen-bond donors (Lipinski definition) is 1. The van der Waals surface area contributed by atoms with Crippen LogP contribution in [0.15, 0.2) is 35.7 Å². The van der Waals surface area contributed by atoms with Gasteiger partial charge in [0.25, 0.3) is 0 Å². The molecule has 3 rings (SSSR count). The van der Waals surface area contributed by atoms with Crippen molar-refractivity contribution in [2.24, 2.45) is 5.92 Å². The Morgan fingerprint density at radius 2 is 2.16 bits per heavy atom. The highest BCUT2D eigenvalue weighted by Gasteiger charge is 2.15. The van der Waals surface area contributed by atoms with E-state index in [9.17, 15) is 5.11 Å². The highest BCUT2D eigenvalue weighted by Crippen LogP contribution is 2.35. The molecule has 1 aromatic heterocycles. The molecule has 0 radical (unpaired) electrons.